The minimum atomic E-state index is -5.22. The Bertz CT molecular complexity index is 729. The first kappa shape index (κ1) is 17.8. The first-order valence-electron chi connectivity index (χ1n) is 6.41. The number of furan rings is 1. The van der Waals surface area contributed by atoms with Gasteiger partial charge in [0.25, 0.3) is 5.91 Å². The predicted molar refractivity (Wildman–Crippen MR) is 77.4 cm³/mol. The molecule has 0 fully saturated rings. The topological polar surface area (TPSA) is 93.5 Å². The molecule has 0 radical (unpaired) electrons. The van der Waals surface area contributed by atoms with E-state index >= 15 is 0 Å². The van der Waals surface area contributed by atoms with Crippen molar-refractivity contribution >= 4 is 28.3 Å². The highest BCUT2D eigenvalue weighted by molar-refractivity contribution is 7.13. The zero-order valence-electron chi connectivity index (χ0n) is 12.4. The van der Waals surface area contributed by atoms with Crippen molar-refractivity contribution < 1.29 is 31.9 Å². The molecular weight excluding hydrogens is 351 g/mol. The Kier molecular flexibility index (Phi) is 4.83. The van der Waals surface area contributed by atoms with Crippen LogP contribution in [-0.2, 0) is 9.53 Å². The Labute approximate surface area is 137 Å². The lowest BCUT2D eigenvalue weighted by Crippen LogP contribution is -2.69. The molecule has 0 aliphatic carbocycles. The van der Waals surface area contributed by atoms with E-state index < -0.39 is 29.5 Å². The molecule has 0 aliphatic rings. The molecule has 0 aromatic carbocycles. The van der Waals surface area contributed by atoms with Crippen molar-refractivity contribution in [3.63, 3.8) is 0 Å². The second kappa shape index (κ2) is 6.51. The third kappa shape index (κ3) is 3.35. The molecule has 7 nitrogen and oxygen atoms in total. The quantitative estimate of drug-likeness (QED) is 0.626. The van der Waals surface area contributed by atoms with Crippen molar-refractivity contribution in [1.29, 1.82) is 0 Å². The number of halogens is 3. The lowest BCUT2D eigenvalue weighted by Gasteiger charge is -2.33. The molecule has 0 unspecified atom stereocenters. The number of aromatic nitrogens is 1. The fourth-order valence-corrected chi connectivity index (χ4v) is 2.50. The minimum absolute atomic E-state index is 0.213. The van der Waals surface area contributed by atoms with Crippen LogP contribution in [0.15, 0.2) is 28.2 Å². The van der Waals surface area contributed by atoms with E-state index in [1.165, 1.54) is 11.4 Å². The molecular formula is C13H12F3N3O4S. The second-order valence-electron chi connectivity index (χ2n) is 4.59. The van der Waals surface area contributed by atoms with Gasteiger partial charge in [-0.3, -0.25) is 4.79 Å². The van der Waals surface area contributed by atoms with Crippen LogP contribution in [0.5, 0.6) is 0 Å². The van der Waals surface area contributed by atoms with Gasteiger partial charge in [-0.05, 0) is 19.1 Å². The number of alkyl halides is 3. The number of ether oxygens (including phenoxy) is 1. The zero-order chi connectivity index (χ0) is 18.0. The van der Waals surface area contributed by atoms with Crippen LogP contribution in [0.2, 0.25) is 0 Å². The molecule has 0 saturated heterocycles. The number of hydrogen-bond acceptors (Lipinski definition) is 7. The van der Waals surface area contributed by atoms with Crippen LogP contribution in [0.1, 0.15) is 16.2 Å². The number of nitrogens with one attached hydrogen (secondary N) is 2. The summed E-state index contributed by atoms with van der Waals surface area (Å²) in [5.41, 5.74) is -3.07. The Balaban J connectivity index is 2.45. The number of esters is 1. The van der Waals surface area contributed by atoms with Crippen molar-refractivity contribution in [2.45, 2.75) is 18.8 Å². The Hall–Kier alpha value is -2.56. The molecule has 11 heteroatoms. The minimum Gasteiger partial charge on any atom is -0.466 e. The van der Waals surface area contributed by atoms with Gasteiger partial charge in [0.15, 0.2) is 10.9 Å². The highest BCUT2D eigenvalue weighted by atomic mass is 32.1. The van der Waals surface area contributed by atoms with Crippen LogP contribution in [0.3, 0.4) is 0 Å². The van der Waals surface area contributed by atoms with Crippen LogP contribution >= 0.6 is 11.3 Å². The lowest BCUT2D eigenvalue weighted by molar-refractivity contribution is -0.203. The summed E-state index contributed by atoms with van der Waals surface area (Å²) in [6.45, 7) is 1.57. The van der Waals surface area contributed by atoms with E-state index in [-0.39, 0.29) is 5.13 Å². The van der Waals surface area contributed by atoms with Crippen LogP contribution in [0.25, 0.3) is 0 Å². The maximum absolute atomic E-state index is 13.7. The Morgan fingerprint density at radius 2 is 2.08 bits per heavy atom. The van der Waals surface area contributed by atoms with Crippen molar-refractivity contribution in [2.24, 2.45) is 0 Å². The normalized spacial score (nSPS) is 13.9. The molecule has 130 valence electrons. The number of rotatable bonds is 5. The van der Waals surface area contributed by atoms with Crippen molar-refractivity contribution in [2.75, 3.05) is 12.4 Å². The first-order chi connectivity index (χ1) is 11.2. The van der Waals surface area contributed by atoms with Crippen LogP contribution in [0.4, 0.5) is 18.3 Å². The van der Waals surface area contributed by atoms with Crippen molar-refractivity contribution in [3.8, 4) is 0 Å². The smallest absolute Gasteiger partial charge is 0.442 e. The maximum atomic E-state index is 13.7. The van der Waals surface area contributed by atoms with Gasteiger partial charge in [-0.2, -0.15) is 13.2 Å². The highest BCUT2D eigenvalue weighted by Crippen LogP contribution is 2.34. The molecule has 1 atom stereocenters. The standard InChI is InChI=1S/C13H12F3N3O4S/c1-7-6-24-11(17-7)19-12(10(21)22-2,13(14,15)16)18-9(20)8-4-3-5-23-8/h3-6H,1-2H3,(H,17,19)(H,18,20)/t12-/m0/s1. The first-order valence-corrected chi connectivity index (χ1v) is 7.29. The van der Waals surface area contributed by atoms with Gasteiger partial charge in [-0.25, -0.2) is 9.78 Å². The number of hydrogen-bond donors (Lipinski definition) is 2. The van der Waals surface area contributed by atoms with Gasteiger partial charge in [-0.15, -0.1) is 11.3 Å². The zero-order valence-corrected chi connectivity index (χ0v) is 13.2. The van der Waals surface area contributed by atoms with Crippen LogP contribution in [-0.4, -0.2) is 35.8 Å². The van der Waals surface area contributed by atoms with Gasteiger partial charge >= 0.3 is 17.8 Å². The average Bonchev–Trinajstić information content (AvgIpc) is 3.16. The fraction of sp³-hybridized carbons (Fsp3) is 0.308. The molecule has 24 heavy (non-hydrogen) atoms. The molecule has 0 aliphatic heterocycles. The number of methoxy groups -OCH3 is 1. The molecule has 2 rings (SSSR count). The number of aryl methyl sites for hydroxylation is 1. The van der Waals surface area contributed by atoms with Gasteiger partial charge in [0.05, 0.1) is 19.1 Å². The summed E-state index contributed by atoms with van der Waals surface area (Å²) in [6.07, 6.45) is -4.11. The summed E-state index contributed by atoms with van der Waals surface area (Å²) in [5.74, 6) is -3.39. The number of carbonyl (C=O) groups is 2. The van der Waals surface area contributed by atoms with E-state index in [1.807, 2.05) is 5.32 Å². The number of anilines is 1. The molecule has 0 saturated carbocycles. The van der Waals surface area contributed by atoms with E-state index in [2.05, 4.69) is 9.72 Å². The van der Waals surface area contributed by atoms with Crippen LogP contribution in [0, 0.1) is 6.92 Å². The van der Waals surface area contributed by atoms with Gasteiger partial charge in [0, 0.05) is 5.38 Å². The SMILES string of the molecule is COC(=O)[C@](NC(=O)c1ccco1)(Nc1nc(C)cs1)C(F)(F)F. The number of thiazole rings is 1. The van der Waals surface area contributed by atoms with E-state index in [4.69, 9.17) is 4.42 Å². The molecule has 0 spiro atoms. The van der Waals surface area contributed by atoms with E-state index in [1.54, 1.807) is 12.2 Å². The molecule has 2 aromatic heterocycles. The second-order valence-corrected chi connectivity index (χ2v) is 5.45. The van der Waals surface area contributed by atoms with E-state index in [9.17, 15) is 22.8 Å². The van der Waals surface area contributed by atoms with E-state index in [0.29, 0.717) is 5.69 Å². The molecule has 2 heterocycles. The summed E-state index contributed by atoms with van der Waals surface area (Å²) in [7, 11) is 0.774. The van der Waals surface area contributed by atoms with Gasteiger partial charge < -0.3 is 19.8 Å². The maximum Gasteiger partial charge on any atom is 0.442 e. The van der Waals surface area contributed by atoms with Gasteiger partial charge in [0.1, 0.15) is 0 Å². The Morgan fingerprint density at radius 1 is 1.38 bits per heavy atom. The molecule has 2 aromatic rings. The van der Waals surface area contributed by atoms with Crippen molar-refractivity contribution in [3.05, 3.63) is 35.2 Å². The summed E-state index contributed by atoms with van der Waals surface area (Å²) in [5, 5.41) is 4.80. The summed E-state index contributed by atoms with van der Waals surface area (Å²) < 4.78 is 50.0. The highest BCUT2D eigenvalue weighted by Gasteiger charge is 2.64. The van der Waals surface area contributed by atoms with E-state index in [0.717, 1.165) is 30.8 Å². The van der Waals surface area contributed by atoms with Gasteiger partial charge in [0.2, 0.25) is 0 Å². The molecule has 1 amide bonds. The summed E-state index contributed by atoms with van der Waals surface area (Å²) in [6, 6.07) is 2.47. The largest absolute Gasteiger partial charge is 0.466 e. The van der Waals surface area contributed by atoms with Crippen molar-refractivity contribution in [1.82, 2.24) is 10.3 Å². The molecule has 2 N–H and O–H groups in total. The number of carbonyl (C=O) groups excluding carboxylic acids is 2. The summed E-state index contributed by atoms with van der Waals surface area (Å²) in [4.78, 5) is 27.8. The average molecular weight is 363 g/mol. The molecule has 0 bridgehead atoms. The third-order valence-electron chi connectivity index (χ3n) is 2.88. The third-order valence-corrected chi connectivity index (χ3v) is 3.75. The summed E-state index contributed by atoms with van der Waals surface area (Å²) >= 11 is 0.840. The predicted octanol–water partition coefficient (Wildman–Crippen LogP) is 2.32. The fourth-order valence-electron chi connectivity index (χ4n) is 1.76. The monoisotopic (exact) mass is 363 g/mol. The number of amides is 1. The van der Waals surface area contributed by atoms with Crippen LogP contribution < -0.4 is 10.6 Å². The Morgan fingerprint density at radius 3 is 2.54 bits per heavy atom. The van der Waals surface area contributed by atoms with Gasteiger partial charge in [-0.1, -0.05) is 0 Å². The number of nitrogens with zero attached hydrogens (tertiary/aromatic N) is 1. The lowest BCUT2D eigenvalue weighted by atomic mass is 10.1.